The lowest BCUT2D eigenvalue weighted by molar-refractivity contribution is 0.411. The number of aromatic nitrogens is 2. The number of nitrogens with zero attached hydrogens (tertiary/aromatic N) is 2. The molecule has 0 radical (unpaired) electrons. The van der Waals surface area contributed by atoms with Crippen molar-refractivity contribution in [3.63, 3.8) is 0 Å². The molecule has 1 unspecified atom stereocenters. The van der Waals surface area contributed by atoms with Gasteiger partial charge in [0.2, 0.25) is 0 Å². The third kappa shape index (κ3) is 2.57. The van der Waals surface area contributed by atoms with Gasteiger partial charge < -0.3 is 14.3 Å². The summed E-state index contributed by atoms with van der Waals surface area (Å²) < 4.78 is 7.56. The fraction of sp³-hybridized carbons (Fsp3) is 0.278. The number of nitrogens with one attached hydrogen (secondary N) is 1. The molecular weight excluding hydrogens is 274 g/mol. The van der Waals surface area contributed by atoms with Gasteiger partial charge >= 0.3 is 0 Å². The van der Waals surface area contributed by atoms with Crippen molar-refractivity contribution >= 4 is 0 Å². The second-order valence-electron chi connectivity index (χ2n) is 5.76. The van der Waals surface area contributed by atoms with E-state index < -0.39 is 0 Å². The first-order valence-electron chi connectivity index (χ1n) is 7.77. The van der Waals surface area contributed by atoms with Gasteiger partial charge in [-0.3, -0.25) is 0 Å². The van der Waals surface area contributed by atoms with Gasteiger partial charge in [0.15, 0.2) is 0 Å². The van der Waals surface area contributed by atoms with Gasteiger partial charge in [0.05, 0.1) is 12.6 Å². The largest absolute Gasteiger partial charge is 0.469 e. The normalized spacial score (nSPS) is 17.4. The Morgan fingerprint density at radius 1 is 1.23 bits per heavy atom. The average molecular weight is 293 g/mol. The summed E-state index contributed by atoms with van der Waals surface area (Å²) in [6, 6.07) is 11.1. The molecule has 0 saturated heterocycles. The molecule has 0 bridgehead atoms. The molecule has 0 amide bonds. The zero-order chi connectivity index (χ0) is 14.8. The van der Waals surface area contributed by atoms with Crippen molar-refractivity contribution in [1.29, 1.82) is 0 Å². The molecule has 1 N–H and O–H groups in total. The molecule has 22 heavy (non-hydrogen) atoms. The van der Waals surface area contributed by atoms with E-state index in [0.717, 1.165) is 24.4 Å². The number of hydrogen-bond donors (Lipinski definition) is 1. The van der Waals surface area contributed by atoms with Crippen molar-refractivity contribution in [2.75, 3.05) is 0 Å². The Kier molecular flexibility index (Phi) is 3.52. The smallest absolute Gasteiger partial charge is 0.108 e. The minimum Gasteiger partial charge on any atom is -0.469 e. The Labute approximate surface area is 129 Å². The highest BCUT2D eigenvalue weighted by Crippen LogP contribution is 2.30. The first kappa shape index (κ1) is 13.3. The quantitative estimate of drug-likeness (QED) is 0.798. The summed E-state index contributed by atoms with van der Waals surface area (Å²) in [6.45, 7) is 0.874. The Balaban J connectivity index is 1.43. The molecule has 0 spiro atoms. The van der Waals surface area contributed by atoms with Crippen LogP contribution < -0.4 is 5.32 Å². The van der Waals surface area contributed by atoms with Crippen molar-refractivity contribution in [1.82, 2.24) is 14.9 Å². The lowest BCUT2D eigenvalue weighted by atomic mass is 9.93. The third-order valence-corrected chi connectivity index (χ3v) is 4.34. The van der Waals surface area contributed by atoms with Crippen molar-refractivity contribution in [2.24, 2.45) is 0 Å². The molecule has 1 aromatic carbocycles. The van der Waals surface area contributed by atoms with Gasteiger partial charge in [0, 0.05) is 42.7 Å². The molecule has 1 aliphatic rings. The van der Waals surface area contributed by atoms with E-state index >= 15 is 0 Å². The van der Waals surface area contributed by atoms with Gasteiger partial charge in [0.1, 0.15) is 5.76 Å². The maximum absolute atomic E-state index is 5.55. The zero-order valence-electron chi connectivity index (χ0n) is 12.4. The summed E-state index contributed by atoms with van der Waals surface area (Å²) in [5.74, 6) is 1.15. The van der Waals surface area contributed by atoms with Gasteiger partial charge in [-0.25, -0.2) is 4.98 Å². The van der Waals surface area contributed by atoms with Crippen LogP contribution in [-0.2, 0) is 13.0 Å². The van der Waals surface area contributed by atoms with Crippen molar-refractivity contribution in [3.8, 4) is 5.69 Å². The van der Waals surface area contributed by atoms with Crippen molar-refractivity contribution < 1.29 is 4.42 Å². The fourth-order valence-corrected chi connectivity index (χ4v) is 3.14. The number of furan rings is 1. The zero-order valence-corrected chi connectivity index (χ0v) is 12.4. The van der Waals surface area contributed by atoms with Crippen LogP contribution in [0.4, 0.5) is 0 Å². The second kappa shape index (κ2) is 5.81. The van der Waals surface area contributed by atoms with E-state index in [2.05, 4.69) is 40.6 Å². The number of fused-ring (bicyclic) bond motifs is 1. The Morgan fingerprint density at radius 2 is 2.14 bits per heavy atom. The molecule has 0 aliphatic heterocycles. The minimum atomic E-state index is 0.413. The lowest BCUT2D eigenvalue weighted by Gasteiger charge is -2.23. The van der Waals surface area contributed by atoms with E-state index in [1.54, 1.807) is 6.20 Å². The number of imidazole rings is 1. The van der Waals surface area contributed by atoms with Crippen molar-refractivity contribution in [3.05, 3.63) is 72.2 Å². The predicted molar refractivity (Wildman–Crippen MR) is 84.8 cm³/mol. The predicted octanol–water partition coefficient (Wildman–Crippen LogP) is 3.63. The summed E-state index contributed by atoms with van der Waals surface area (Å²) in [6.07, 6.45) is 10.8. The number of hydrogen-bond acceptors (Lipinski definition) is 3. The highest BCUT2D eigenvalue weighted by Gasteiger charge is 2.21. The lowest BCUT2D eigenvalue weighted by Crippen LogP contribution is -2.24. The van der Waals surface area contributed by atoms with E-state index in [1.807, 2.05) is 23.4 Å². The molecule has 4 rings (SSSR count). The molecule has 4 heteroatoms. The van der Waals surface area contributed by atoms with Crippen LogP contribution in [0.3, 0.4) is 0 Å². The van der Waals surface area contributed by atoms with Gasteiger partial charge in [-0.15, -0.1) is 0 Å². The highest BCUT2D eigenvalue weighted by atomic mass is 16.3. The van der Waals surface area contributed by atoms with E-state index in [0.29, 0.717) is 6.04 Å². The summed E-state index contributed by atoms with van der Waals surface area (Å²) >= 11 is 0. The number of benzene rings is 1. The first-order valence-corrected chi connectivity index (χ1v) is 7.77. The molecule has 0 fully saturated rings. The molecule has 0 saturated carbocycles. The monoisotopic (exact) mass is 293 g/mol. The molecule has 3 aromatic rings. The standard InChI is InChI=1S/C18H19N3O/c1-2-17(16-8-11-22-18(16)3-1)20-12-14-4-6-15(7-5-14)21-10-9-19-13-21/h4-11,13,17,20H,1-3,12H2. The first-order chi connectivity index (χ1) is 10.9. The van der Waals surface area contributed by atoms with E-state index in [1.165, 1.54) is 24.0 Å². The van der Waals surface area contributed by atoms with E-state index in [9.17, 15) is 0 Å². The van der Waals surface area contributed by atoms with Crippen LogP contribution >= 0.6 is 0 Å². The van der Waals surface area contributed by atoms with Crippen LogP contribution in [0, 0.1) is 0 Å². The molecule has 1 atom stereocenters. The van der Waals surface area contributed by atoms with Crippen LogP contribution in [0.25, 0.3) is 5.69 Å². The number of rotatable bonds is 4. The van der Waals surface area contributed by atoms with Crippen LogP contribution in [0.2, 0.25) is 0 Å². The van der Waals surface area contributed by atoms with Crippen molar-refractivity contribution in [2.45, 2.75) is 31.8 Å². The third-order valence-electron chi connectivity index (χ3n) is 4.34. The van der Waals surface area contributed by atoms with Gasteiger partial charge in [-0.1, -0.05) is 12.1 Å². The van der Waals surface area contributed by atoms with E-state index in [-0.39, 0.29) is 0 Å². The minimum absolute atomic E-state index is 0.413. The topological polar surface area (TPSA) is 43.0 Å². The second-order valence-corrected chi connectivity index (χ2v) is 5.76. The maximum Gasteiger partial charge on any atom is 0.108 e. The van der Waals surface area contributed by atoms with Crippen LogP contribution in [0.15, 0.2) is 59.7 Å². The highest BCUT2D eigenvalue weighted by molar-refractivity contribution is 5.34. The fourth-order valence-electron chi connectivity index (χ4n) is 3.14. The van der Waals surface area contributed by atoms with Gasteiger partial charge in [0.25, 0.3) is 0 Å². The summed E-state index contributed by atoms with van der Waals surface area (Å²) in [5, 5.41) is 3.66. The molecule has 112 valence electrons. The SMILES string of the molecule is c1cn(-c2ccc(CNC3CCCc4occc43)cc2)cn1. The van der Waals surface area contributed by atoms with Gasteiger partial charge in [-0.2, -0.15) is 0 Å². The van der Waals surface area contributed by atoms with Crippen LogP contribution in [-0.4, -0.2) is 9.55 Å². The van der Waals surface area contributed by atoms with Crippen LogP contribution in [0.5, 0.6) is 0 Å². The molecule has 4 nitrogen and oxygen atoms in total. The molecular formula is C18H19N3O. The average Bonchev–Trinajstić information content (AvgIpc) is 3.24. The Bertz CT molecular complexity index is 728. The number of aryl methyl sites for hydroxylation is 1. The molecule has 1 aliphatic carbocycles. The van der Waals surface area contributed by atoms with E-state index in [4.69, 9.17) is 4.42 Å². The molecule has 2 heterocycles. The van der Waals surface area contributed by atoms with Crippen LogP contribution in [0.1, 0.15) is 35.8 Å². The van der Waals surface area contributed by atoms with Gasteiger partial charge in [-0.05, 0) is 36.6 Å². The molecule has 2 aromatic heterocycles. The summed E-state index contributed by atoms with van der Waals surface area (Å²) in [5.41, 5.74) is 3.76. The Morgan fingerprint density at radius 3 is 2.95 bits per heavy atom. The Hall–Kier alpha value is -2.33. The summed E-state index contributed by atoms with van der Waals surface area (Å²) in [7, 11) is 0. The summed E-state index contributed by atoms with van der Waals surface area (Å²) in [4.78, 5) is 4.08. The maximum atomic E-state index is 5.55.